The van der Waals surface area contributed by atoms with Gasteiger partial charge in [-0.05, 0) is 24.3 Å². The second kappa shape index (κ2) is 7.32. The van der Waals surface area contributed by atoms with Crippen LogP contribution in [-0.4, -0.2) is 40.0 Å². The highest BCUT2D eigenvalue weighted by Crippen LogP contribution is 2.21. The van der Waals surface area contributed by atoms with Crippen LogP contribution in [0.5, 0.6) is 5.75 Å². The lowest BCUT2D eigenvalue weighted by Gasteiger charge is -2.32. The van der Waals surface area contributed by atoms with Gasteiger partial charge in [-0.3, -0.25) is 14.6 Å². The maximum absolute atomic E-state index is 12.7. The summed E-state index contributed by atoms with van der Waals surface area (Å²) in [6.07, 6.45) is 4.92. The normalized spacial score (nSPS) is 15.7. The van der Waals surface area contributed by atoms with Crippen molar-refractivity contribution in [3.63, 3.8) is 0 Å². The van der Waals surface area contributed by atoms with Gasteiger partial charge < -0.3 is 14.6 Å². The molecule has 2 aromatic rings. The van der Waals surface area contributed by atoms with Gasteiger partial charge in [-0.25, -0.2) is 0 Å². The molecule has 1 aliphatic heterocycles. The zero-order chi connectivity index (χ0) is 18.7. The minimum atomic E-state index is -0.323. The van der Waals surface area contributed by atoms with Crippen molar-refractivity contribution in [2.45, 2.75) is 45.1 Å². The Balaban J connectivity index is 1.63. The molecule has 1 aliphatic rings. The van der Waals surface area contributed by atoms with Gasteiger partial charge in [0.15, 0.2) is 0 Å². The van der Waals surface area contributed by atoms with Crippen LogP contribution in [0.2, 0.25) is 0 Å². The van der Waals surface area contributed by atoms with Crippen LogP contribution in [0.4, 0.5) is 0 Å². The zero-order valence-electron chi connectivity index (χ0n) is 15.5. The van der Waals surface area contributed by atoms with Crippen LogP contribution in [0.25, 0.3) is 0 Å². The number of nitrogens with zero attached hydrogens (tertiary/aromatic N) is 2. The van der Waals surface area contributed by atoms with Crippen molar-refractivity contribution in [3.05, 3.63) is 58.3 Å². The lowest BCUT2D eigenvalue weighted by molar-refractivity contribution is 0.0593. The molecule has 0 aromatic carbocycles. The Morgan fingerprint density at radius 1 is 1.23 bits per heavy atom. The first kappa shape index (κ1) is 18.2. The fraction of sp³-hybridized carbons (Fsp3) is 0.450. The highest BCUT2D eigenvalue weighted by Gasteiger charge is 2.26. The molecule has 0 saturated carbocycles. The third kappa shape index (κ3) is 4.12. The van der Waals surface area contributed by atoms with Gasteiger partial charge in [-0.15, -0.1) is 0 Å². The first-order chi connectivity index (χ1) is 12.3. The van der Waals surface area contributed by atoms with Crippen LogP contribution in [0.3, 0.4) is 0 Å². The smallest absolute Gasteiger partial charge is 0.261 e. The van der Waals surface area contributed by atoms with E-state index in [1.165, 1.54) is 0 Å². The first-order valence-electron chi connectivity index (χ1n) is 8.94. The summed E-state index contributed by atoms with van der Waals surface area (Å²) in [5, 5.41) is 0. The van der Waals surface area contributed by atoms with Crippen LogP contribution in [0.15, 0.2) is 41.5 Å². The number of nitrogens with one attached hydrogen (secondary N) is 1. The molecule has 1 saturated heterocycles. The van der Waals surface area contributed by atoms with Crippen molar-refractivity contribution < 1.29 is 9.53 Å². The molecule has 1 amide bonds. The van der Waals surface area contributed by atoms with E-state index in [4.69, 9.17) is 4.74 Å². The zero-order valence-corrected chi connectivity index (χ0v) is 15.5. The van der Waals surface area contributed by atoms with Crippen molar-refractivity contribution in [2.24, 2.45) is 0 Å². The summed E-state index contributed by atoms with van der Waals surface area (Å²) in [6, 6.07) is 7.18. The summed E-state index contributed by atoms with van der Waals surface area (Å²) < 4.78 is 5.90. The summed E-state index contributed by atoms with van der Waals surface area (Å²) >= 11 is 0. The van der Waals surface area contributed by atoms with Gasteiger partial charge in [0.1, 0.15) is 17.4 Å². The topological polar surface area (TPSA) is 75.3 Å². The number of hydrogen-bond donors (Lipinski definition) is 1. The van der Waals surface area contributed by atoms with Crippen molar-refractivity contribution in [2.75, 3.05) is 13.1 Å². The third-order valence-electron chi connectivity index (χ3n) is 4.61. The number of aromatic nitrogens is 2. The van der Waals surface area contributed by atoms with E-state index in [1.807, 2.05) is 39.0 Å². The van der Waals surface area contributed by atoms with Gasteiger partial charge in [0.25, 0.3) is 11.5 Å². The maximum Gasteiger partial charge on any atom is 0.261 e. The molecule has 2 aromatic heterocycles. The third-order valence-corrected chi connectivity index (χ3v) is 4.61. The van der Waals surface area contributed by atoms with Gasteiger partial charge in [0, 0.05) is 43.2 Å². The Bertz CT molecular complexity index is 816. The second-order valence-corrected chi connectivity index (χ2v) is 7.66. The predicted molar refractivity (Wildman–Crippen MR) is 99.6 cm³/mol. The molecule has 138 valence electrons. The molecule has 1 fully saturated rings. The summed E-state index contributed by atoms with van der Waals surface area (Å²) in [5.74, 6) is 0.526. The quantitative estimate of drug-likeness (QED) is 0.919. The van der Waals surface area contributed by atoms with E-state index in [2.05, 4.69) is 9.97 Å². The molecule has 0 radical (unpaired) electrons. The number of carbonyl (C=O) groups excluding carboxylic acids is 1. The molecule has 26 heavy (non-hydrogen) atoms. The number of H-pyrrole nitrogens is 1. The maximum atomic E-state index is 12.7. The van der Waals surface area contributed by atoms with E-state index in [9.17, 15) is 9.59 Å². The molecule has 3 heterocycles. The van der Waals surface area contributed by atoms with Gasteiger partial charge in [0.2, 0.25) is 0 Å². The van der Waals surface area contributed by atoms with E-state index in [0.717, 1.165) is 24.3 Å². The monoisotopic (exact) mass is 355 g/mol. The van der Waals surface area contributed by atoms with E-state index in [0.29, 0.717) is 13.1 Å². The van der Waals surface area contributed by atoms with Crippen LogP contribution in [0, 0.1) is 0 Å². The molecule has 0 aliphatic carbocycles. The molecule has 6 nitrogen and oxygen atoms in total. The highest BCUT2D eigenvalue weighted by atomic mass is 16.5. The number of rotatable bonds is 3. The van der Waals surface area contributed by atoms with Crippen LogP contribution < -0.4 is 10.3 Å². The fourth-order valence-electron chi connectivity index (χ4n) is 3.04. The van der Waals surface area contributed by atoms with Gasteiger partial charge >= 0.3 is 0 Å². The molecule has 0 unspecified atom stereocenters. The van der Waals surface area contributed by atoms with Gasteiger partial charge in [-0.1, -0.05) is 20.8 Å². The van der Waals surface area contributed by atoms with Gasteiger partial charge in [0.05, 0.1) is 6.20 Å². The summed E-state index contributed by atoms with van der Waals surface area (Å²) in [6.45, 7) is 7.21. The number of carbonyl (C=O) groups is 1. The Kier molecular flexibility index (Phi) is 5.11. The minimum absolute atomic E-state index is 0.0600. The molecule has 6 heteroatoms. The number of aromatic amines is 1. The Labute approximate surface area is 153 Å². The lowest BCUT2D eigenvalue weighted by atomic mass is 9.91. The van der Waals surface area contributed by atoms with Crippen molar-refractivity contribution >= 4 is 5.91 Å². The fourth-order valence-corrected chi connectivity index (χ4v) is 3.04. The SMILES string of the molecule is CC(C)(C)c1ccc(C(=O)N2CCC(Oc3cccnc3)CC2)c(=O)[nH]1. The number of piperidine rings is 1. The summed E-state index contributed by atoms with van der Waals surface area (Å²) in [5.41, 5.74) is 0.534. The number of pyridine rings is 2. The van der Waals surface area contributed by atoms with Gasteiger partial charge in [-0.2, -0.15) is 0 Å². The summed E-state index contributed by atoms with van der Waals surface area (Å²) in [7, 11) is 0. The number of hydrogen-bond acceptors (Lipinski definition) is 4. The molecular formula is C20H25N3O3. The average Bonchev–Trinajstić information content (AvgIpc) is 2.62. The number of amides is 1. The average molecular weight is 355 g/mol. The Morgan fingerprint density at radius 3 is 2.54 bits per heavy atom. The largest absolute Gasteiger partial charge is 0.489 e. The summed E-state index contributed by atoms with van der Waals surface area (Å²) in [4.78, 5) is 33.7. The Morgan fingerprint density at radius 2 is 1.96 bits per heavy atom. The standard InChI is InChI=1S/C20H25N3O3/c1-20(2,3)17-7-6-16(18(24)22-17)19(25)23-11-8-14(9-12-23)26-15-5-4-10-21-13-15/h4-7,10,13-14H,8-9,11-12H2,1-3H3,(H,22,24). The van der Waals surface area contributed by atoms with E-state index < -0.39 is 0 Å². The van der Waals surface area contributed by atoms with Crippen molar-refractivity contribution in [3.8, 4) is 5.75 Å². The minimum Gasteiger partial charge on any atom is -0.489 e. The first-order valence-corrected chi connectivity index (χ1v) is 8.94. The molecule has 1 N–H and O–H groups in total. The molecule has 0 spiro atoms. The van der Waals surface area contributed by atoms with Crippen molar-refractivity contribution in [1.29, 1.82) is 0 Å². The predicted octanol–water partition coefficient (Wildman–Crippen LogP) is 2.75. The molecular weight excluding hydrogens is 330 g/mol. The van der Waals surface area contributed by atoms with E-state index >= 15 is 0 Å². The van der Waals surface area contributed by atoms with E-state index in [1.54, 1.807) is 23.4 Å². The number of ether oxygens (including phenoxy) is 1. The second-order valence-electron chi connectivity index (χ2n) is 7.66. The van der Waals surface area contributed by atoms with E-state index in [-0.39, 0.29) is 28.5 Å². The van der Waals surface area contributed by atoms with Crippen molar-refractivity contribution in [1.82, 2.24) is 14.9 Å². The van der Waals surface area contributed by atoms with Crippen LogP contribution in [0.1, 0.15) is 49.7 Å². The Hall–Kier alpha value is -2.63. The lowest BCUT2D eigenvalue weighted by Crippen LogP contribution is -2.43. The van der Waals surface area contributed by atoms with Crippen LogP contribution >= 0.6 is 0 Å². The molecule has 3 rings (SSSR count). The molecule has 0 bridgehead atoms. The van der Waals surface area contributed by atoms with Crippen LogP contribution in [-0.2, 0) is 5.41 Å². The molecule has 0 atom stereocenters. The number of likely N-dealkylation sites (tertiary alicyclic amines) is 1. The highest BCUT2D eigenvalue weighted by molar-refractivity contribution is 5.93.